The van der Waals surface area contributed by atoms with Crippen molar-refractivity contribution in [3.63, 3.8) is 0 Å². The third-order valence-electron chi connectivity index (χ3n) is 3.40. The minimum absolute atomic E-state index is 0.000959. The van der Waals surface area contributed by atoms with Crippen molar-refractivity contribution in [3.8, 4) is 0 Å². The average molecular weight is 301 g/mol. The van der Waals surface area contributed by atoms with Crippen LogP contribution in [0.15, 0.2) is 41.7 Å². The van der Waals surface area contributed by atoms with Gasteiger partial charge in [0.2, 0.25) is 0 Å². The number of carboxylic acid groups (broad SMARTS) is 1. The Morgan fingerprint density at radius 3 is 2.90 bits per heavy atom. The summed E-state index contributed by atoms with van der Waals surface area (Å²) in [4.78, 5) is 21.5. The second kappa shape index (κ2) is 6.13. The van der Waals surface area contributed by atoms with E-state index < -0.39 is 5.97 Å². The van der Waals surface area contributed by atoms with E-state index in [1.165, 1.54) is 22.9 Å². The molecule has 21 heavy (non-hydrogen) atoms. The lowest BCUT2D eigenvalue weighted by molar-refractivity contribution is -0.133. The summed E-state index contributed by atoms with van der Waals surface area (Å²) in [7, 11) is 0. The molecule has 1 aliphatic rings. The van der Waals surface area contributed by atoms with E-state index in [1.807, 2.05) is 6.07 Å². The van der Waals surface area contributed by atoms with E-state index in [0.29, 0.717) is 5.03 Å². The Labute approximate surface area is 127 Å². The third kappa shape index (κ3) is 3.33. The molecule has 0 saturated carbocycles. The van der Waals surface area contributed by atoms with E-state index in [2.05, 4.69) is 33.1 Å². The highest BCUT2D eigenvalue weighted by atomic mass is 32.2. The molecule has 1 aromatic carbocycles. The van der Waals surface area contributed by atoms with Gasteiger partial charge in [-0.3, -0.25) is 9.78 Å². The number of hydrogen-bond acceptors (Lipinski definition) is 5. The second-order valence-corrected chi connectivity index (χ2v) is 5.83. The molecule has 2 heterocycles. The molecule has 1 N–H and O–H groups in total. The van der Waals surface area contributed by atoms with Gasteiger partial charge in [-0.25, -0.2) is 4.98 Å². The monoisotopic (exact) mass is 301 g/mol. The molecule has 0 aliphatic carbocycles. The summed E-state index contributed by atoms with van der Waals surface area (Å²) in [6, 6.07) is 8.42. The molecule has 5 nitrogen and oxygen atoms in total. The summed E-state index contributed by atoms with van der Waals surface area (Å²) in [6.07, 6.45) is 4.33. The Kier molecular flexibility index (Phi) is 4.06. The fourth-order valence-corrected chi connectivity index (χ4v) is 2.95. The number of anilines is 1. The smallest absolute Gasteiger partial charge is 0.313 e. The van der Waals surface area contributed by atoms with Crippen LogP contribution in [0.25, 0.3) is 0 Å². The van der Waals surface area contributed by atoms with Gasteiger partial charge in [0, 0.05) is 13.1 Å². The number of carbonyl (C=O) groups is 1. The molecule has 0 amide bonds. The van der Waals surface area contributed by atoms with Crippen LogP contribution in [0.5, 0.6) is 0 Å². The summed E-state index contributed by atoms with van der Waals surface area (Å²) in [5.41, 5.74) is 2.70. The first-order valence-corrected chi connectivity index (χ1v) is 7.69. The minimum Gasteiger partial charge on any atom is -0.481 e. The molecule has 0 unspecified atom stereocenters. The SMILES string of the molecule is O=C(O)CSc1cncc(N2CCc3ccccc3C2)n1. The van der Waals surface area contributed by atoms with Gasteiger partial charge >= 0.3 is 5.97 Å². The van der Waals surface area contributed by atoms with Crippen molar-refractivity contribution in [1.82, 2.24) is 9.97 Å². The zero-order chi connectivity index (χ0) is 14.7. The van der Waals surface area contributed by atoms with E-state index in [-0.39, 0.29) is 5.75 Å². The van der Waals surface area contributed by atoms with E-state index in [4.69, 9.17) is 5.11 Å². The van der Waals surface area contributed by atoms with E-state index in [0.717, 1.165) is 25.3 Å². The van der Waals surface area contributed by atoms with Crippen LogP contribution in [0.3, 0.4) is 0 Å². The Balaban J connectivity index is 1.76. The van der Waals surface area contributed by atoms with Crippen LogP contribution >= 0.6 is 11.8 Å². The predicted octanol–water partition coefficient (Wildman–Crippen LogP) is 2.22. The maximum Gasteiger partial charge on any atom is 0.313 e. The van der Waals surface area contributed by atoms with Crippen LogP contribution in [0.1, 0.15) is 11.1 Å². The first-order chi connectivity index (χ1) is 10.2. The standard InChI is InChI=1S/C15H15N3O2S/c19-15(20)10-21-14-8-16-7-13(17-14)18-6-5-11-3-1-2-4-12(11)9-18/h1-4,7-8H,5-6,9-10H2,(H,19,20). The largest absolute Gasteiger partial charge is 0.481 e. The number of aromatic nitrogens is 2. The summed E-state index contributed by atoms with van der Waals surface area (Å²) in [6.45, 7) is 1.72. The van der Waals surface area contributed by atoms with Crippen molar-refractivity contribution in [1.29, 1.82) is 0 Å². The number of fused-ring (bicyclic) bond motifs is 1. The van der Waals surface area contributed by atoms with Crippen molar-refractivity contribution in [2.75, 3.05) is 17.2 Å². The van der Waals surface area contributed by atoms with Crippen molar-refractivity contribution >= 4 is 23.5 Å². The molecule has 0 atom stereocenters. The summed E-state index contributed by atoms with van der Waals surface area (Å²) >= 11 is 1.19. The van der Waals surface area contributed by atoms with Gasteiger partial charge in [-0.05, 0) is 17.5 Å². The molecule has 0 spiro atoms. The van der Waals surface area contributed by atoms with Crippen molar-refractivity contribution < 1.29 is 9.90 Å². The molecule has 108 valence electrons. The van der Waals surface area contributed by atoms with Gasteiger partial charge in [-0.15, -0.1) is 0 Å². The molecular weight excluding hydrogens is 286 g/mol. The van der Waals surface area contributed by atoms with Gasteiger partial charge in [-0.2, -0.15) is 0 Å². The highest BCUT2D eigenvalue weighted by Gasteiger charge is 2.17. The van der Waals surface area contributed by atoms with Gasteiger partial charge in [0.05, 0.1) is 18.1 Å². The first-order valence-electron chi connectivity index (χ1n) is 6.71. The Hall–Kier alpha value is -2.08. The molecule has 0 fully saturated rings. The lowest BCUT2D eigenvalue weighted by Crippen LogP contribution is -2.31. The molecule has 0 radical (unpaired) electrons. The number of nitrogens with zero attached hydrogens (tertiary/aromatic N) is 3. The van der Waals surface area contributed by atoms with Crippen molar-refractivity contribution in [3.05, 3.63) is 47.8 Å². The molecule has 3 rings (SSSR count). The zero-order valence-electron chi connectivity index (χ0n) is 11.4. The maximum atomic E-state index is 10.6. The molecule has 2 aromatic rings. The predicted molar refractivity (Wildman–Crippen MR) is 81.6 cm³/mol. The van der Waals surface area contributed by atoms with Crippen LogP contribution in [0.2, 0.25) is 0 Å². The Bertz CT molecular complexity index is 663. The van der Waals surface area contributed by atoms with Crippen molar-refractivity contribution in [2.45, 2.75) is 18.0 Å². The molecule has 0 saturated heterocycles. The topological polar surface area (TPSA) is 66.3 Å². The lowest BCUT2D eigenvalue weighted by atomic mass is 10.0. The molecule has 1 aromatic heterocycles. The number of hydrogen-bond donors (Lipinski definition) is 1. The number of thioether (sulfide) groups is 1. The van der Waals surface area contributed by atoms with Gasteiger partial charge in [0.25, 0.3) is 0 Å². The molecular formula is C15H15N3O2S. The van der Waals surface area contributed by atoms with Crippen LogP contribution in [0.4, 0.5) is 5.82 Å². The minimum atomic E-state index is -0.848. The van der Waals surface area contributed by atoms with Gasteiger partial charge < -0.3 is 10.0 Å². The normalized spacial score (nSPS) is 13.8. The number of rotatable bonds is 4. The highest BCUT2D eigenvalue weighted by Crippen LogP contribution is 2.24. The number of benzene rings is 1. The summed E-state index contributed by atoms with van der Waals surface area (Å²) < 4.78 is 0. The maximum absolute atomic E-state index is 10.6. The van der Waals surface area contributed by atoms with E-state index >= 15 is 0 Å². The van der Waals surface area contributed by atoms with Crippen LogP contribution in [-0.2, 0) is 17.8 Å². The van der Waals surface area contributed by atoms with Crippen LogP contribution < -0.4 is 4.90 Å². The lowest BCUT2D eigenvalue weighted by Gasteiger charge is -2.29. The fraction of sp³-hybridized carbons (Fsp3) is 0.267. The zero-order valence-corrected chi connectivity index (χ0v) is 12.2. The Morgan fingerprint density at radius 2 is 2.10 bits per heavy atom. The van der Waals surface area contributed by atoms with Gasteiger partial charge in [-0.1, -0.05) is 36.0 Å². The second-order valence-electron chi connectivity index (χ2n) is 4.84. The molecule has 1 aliphatic heterocycles. The molecule has 6 heteroatoms. The van der Waals surface area contributed by atoms with Crippen molar-refractivity contribution in [2.24, 2.45) is 0 Å². The fourth-order valence-electron chi connectivity index (χ4n) is 2.39. The van der Waals surface area contributed by atoms with E-state index in [1.54, 1.807) is 12.4 Å². The Morgan fingerprint density at radius 1 is 1.29 bits per heavy atom. The number of aliphatic carboxylic acids is 1. The van der Waals surface area contributed by atoms with Gasteiger partial charge in [0.15, 0.2) is 0 Å². The summed E-state index contributed by atoms with van der Waals surface area (Å²) in [5, 5.41) is 9.37. The average Bonchev–Trinajstić information content (AvgIpc) is 2.53. The molecule has 0 bridgehead atoms. The number of carboxylic acids is 1. The summed E-state index contributed by atoms with van der Waals surface area (Å²) in [5.74, 6) is -0.0416. The van der Waals surface area contributed by atoms with E-state index in [9.17, 15) is 4.79 Å². The highest BCUT2D eigenvalue weighted by molar-refractivity contribution is 7.99. The van der Waals surface area contributed by atoms with Crippen LogP contribution in [0, 0.1) is 0 Å². The third-order valence-corrected chi connectivity index (χ3v) is 4.28. The van der Waals surface area contributed by atoms with Crippen LogP contribution in [-0.4, -0.2) is 33.3 Å². The quantitative estimate of drug-likeness (QED) is 0.874. The van der Waals surface area contributed by atoms with Gasteiger partial charge in [0.1, 0.15) is 10.8 Å². The first kappa shape index (κ1) is 13.9.